The van der Waals surface area contributed by atoms with Crippen molar-refractivity contribution in [3.8, 4) is 38.9 Å². The van der Waals surface area contributed by atoms with Crippen LogP contribution in [0.3, 0.4) is 0 Å². The van der Waals surface area contributed by atoms with Crippen LogP contribution in [0.5, 0.6) is 17.2 Å². The maximum Gasteiger partial charge on any atom is 0.203 e. The SMILES string of the molecule is COc1ccc(-c2cccc(-c3nc(CN4CCC(c5ccccc5)CC4)cs3)c2)c(OC)c1OC. The first-order chi connectivity index (χ1) is 17.7. The number of thiazole rings is 1. The van der Waals surface area contributed by atoms with Crippen molar-refractivity contribution in [2.75, 3.05) is 34.4 Å². The Balaban J connectivity index is 1.30. The summed E-state index contributed by atoms with van der Waals surface area (Å²) in [6, 6.07) is 23.3. The van der Waals surface area contributed by atoms with Crippen LogP contribution in [-0.2, 0) is 6.54 Å². The molecule has 6 heteroatoms. The van der Waals surface area contributed by atoms with Gasteiger partial charge in [0.25, 0.3) is 0 Å². The molecule has 0 spiro atoms. The molecule has 5 rings (SSSR count). The van der Waals surface area contributed by atoms with Gasteiger partial charge in [-0.1, -0.05) is 48.5 Å². The van der Waals surface area contributed by atoms with Crippen molar-refractivity contribution >= 4 is 11.3 Å². The van der Waals surface area contributed by atoms with Gasteiger partial charge >= 0.3 is 0 Å². The maximum atomic E-state index is 5.71. The average Bonchev–Trinajstić information content (AvgIpc) is 3.41. The highest BCUT2D eigenvalue weighted by atomic mass is 32.1. The zero-order valence-corrected chi connectivity index (χ0v) is 21.9. The second-order valence-corrected chi connectivity index (χ2v) is 9.93. The fourth-order valence-electron chi connectivity index (χ4n) is 5.04. The van der Waals surface area contributed by atoms with E-state index < -0.39 is 0 Å². The summed E-state index contributed by atoms with van der Waals surface area (Å²) in [5, 5.41) is 3.23. The summed E-state index contributed by atoms with van der Waals surface area (Å²) in [6.07, 6.45) is 2.41. The van der Waals surface area contributed by atoms with Gasteiger partial charge in [-0.2, -0.15) is 0 Å². The smallest absolute Gasteiger partial charge is 0.203 e. The van der Waals surface area contributed by atoms with Crippen LogP contribution in [0.2, 0.25) is 0 Å². The number of benzene rings is 3. The molecule has 1 saturated heterocycles. The first-order valence-electron chi connectivity index (χ1n) is 12.3. The maximum absolute atomic E-state index is 5.71. The third-order valence-corrected chi connectivity index (χ3v) is 7.86. The van der Waals surface area contributed by atoms with E-state index in [-0.39, 0.29) is 0 Å². The van der Waals surface area contributed by atoms with Gasteiger partial charge in [0.2, 0.25) is 5.75 Å². The topological polar surface area (TPSA) is 43.8 Å². The summed E-state index contributed by atoms with van der Waals surface area (Å²) in [4.78, 5) is 7.52. The number of piperidine rings is 1. The van der Waals surface area contributed by atoms with Crippen molar-refractivity contribution in [3.63, 3.8) is 0 Å². The molecule has 3 aromatic carbocycles. The average molecular weight is 501 g/mol. The van der Waals surface area contributed by atoms with Gasteiger partial charge in [0, 0.05) is 23.1 Å². The second kappa shape index (κ2) is 11.1. The highest BCUT2D eigenvalue weighted by Gasteiger charge is 2.21. The quantitative estimate of drug-likeness (QED) is 0.264. The van der Waals surface area contributed by atoms with E-state index >= 15 is 0 Å². The van der Waals surface area contributed by atoms with Gasteiger partial charge < -0.3 is 14.2 Å². The molecular formula is C30H32N2O3S. The zero-order valence-electron chi connectivity index (χ0n) is 21.1. The molecule has 4 aromatic rings. The summed E-state index contributed by atoms with van der Waals surface area (Å²) in [7, 11) is 4.91. The third-order valence-electron chi connectivity index (χ3n) is 6.92. The van der Waals surface area contributed by atoms with Crippen molar-refractivity contribution in [2.45, 2.75) is 25.3 Å². The van der Waals surface area contributed by atoms with Crippen LogP contribution < -0.4 is 14.2 Å². The largest absolute Gasteiger partial charge is 0.493 e. The molecule has 1 aliphatic heterocycles. The van der Waals surface area contributed by atoms with E-state index in [4.69, 9.17) is 19.2 Å². The normalized spacial score (nSPS) is 14.5. The minimum absolute atomic E-state index is 0.593. The Kier molecular flexibility index (Phi) is 7.54. The minimum Gasteiger partial charge on any atom is -0.493 e. The van der Waals surface area contributed by atoms with Crippen LogP contribution in [0.15, 0.2) is 72.1 Å². The molecule has 0 saturated carbocycles. The number of likely N-dealkylation sites (tertiary alicyclic amines) is 1. The third kappa shape index (κ3) is 5.11. The van der Waals surface area contributed by atoms with E-state index in [9.17, 15) is 0 Å². The summed E-state index contributed by atoms with van der Waals surface area (Å²) in [6.45, 7) is 3.13. The molecular weight excluding hydrogens is 468 g/mol. The highest BCUT2D eigenvalue weighted by Crippen LogP contribution is 2.44. The van der Waals surface area contributed by atoms with E-state index in [0.717, 1.165) is 47.0 Å². The molecule has 186 valence electrons. The Hall–Kier alpha value is -3.35. The molecule has 0 N–H and O–H groups in total. The molecule has 1 fully saturated rings. The van der Waals surface area contributed by atoms with Crippen LogP contribution in [0, 0.1) is 0 Å². The van der Waals surface area contributed by atoms with Crippen molar-refractivity contribution in [1.29, 1.82) is 0 Å². The first-order valence-corrected chi connectivity index (χ1v) is 13.2. The van der Waals surface area contributed by atoms with Gasteiger partial charge in [-0.3, -0.25) is 4.90 Å². The summed E-state index contributed by atoms with van der Waals surface area (Å²) < 4.78 is 16.7. The molecule has 36 heavy (non-hydrogen) atoms. The number of hydrogen-bond donors (Lipinski definition) is 0. The number of aromatic nitrogens is 1. The predicted octanol–water partition coefficient (Wildman–Crippen LogP) is 6.88. The standard InChI is InChI=1S/C30H32N2O3S/c1-33-27-13-12-26(28(34-2)29(27)35-3)23-10-7-11-24(18-23)30-31-25(20-36-30)19-32-16-14-22(15-17-32)21-8-5-4-6-9-21/h4-13,18,20,22H,14-17,19H2,1-3H3. The lowest BCUT2D eigenvalue weighted by molar-refractivity contribution is 0.203. The lowest BCUT2D eigenvalue weighted by Crippen LogP contribution is -2.32. The van der Waals surface area contributed by atoms with Crippen molar-refractivity contribution in [2.24, 2.45) is 0 Å². The van der Waals surface area contributed by atoms with Crippen molar-refractivity contribution in [1.82, 2.24) is 9.88 Å². The fourth-order valence-corrected chi connectivity index (χ4v) is 5.85. The molecule has 0 unspecified atom stereocenters. The van der Waals surface area contributed by atoms with Gasteiger partial charge in [0.05, 0.1) is 27.0 Å². The van der Waals surface area contributed by atoms with E-state index in [1.165, 1.54) is 18.4 Å². The number of methoxy groups -OCH3 is 3. The number of rotatable bonds is 8. The van der Waals surface area contributed by atoms with Crippen LogP contribution in [0.1, 0.15) is 30.0 Å². The Morgan fingerprint density at radius 1 is 0.833 bits per heavy atom. The van der Waals surface area contributed by atoms with E-state index in [0.29, 0.717) is 23.2 Å². The van der Waals surface area contributed by atoms with E-state index in [1.807, 2.05) is 12.1 Å². The Morgan fingerprint density at radius 3 is 2.31 bits per heavy atom. The molecule has 0 amide bonds. The highest BCUT2D eigenvalue weighted by molar-refractivity contribution is 7.13. The Labute approximate surface area is 217 Å². The first kappa shape index (κ1) is 24.3. The monoisotopic (exact) mass is 500 g/mol. The molecule has 5 nitrogen and oxygen atoms in total. The lowest BCUT2D eigenvalue weighted by atomic mass is 9.89. The molecule has 0 atom stereocenters. The summed E-state index contributed by atoms with van der Waals surface area (Å²) in [5.74, 6) is 2.57. The minimum atomic E-state index is 0.593. The number of hydrogen-bond acceptors (Lipinski definition) is 6. The van der Waals surface area contributed by atoms with Gasteiger partial charge in [-0.05, 0) is 61.2 Å². The Morgan fingerprint density at radius 2 is 1.58 bits per heavy atom. The van der Waals surface area contributed by atoms with Gasteiger partial charge in [0.1, 0.15) is 5.01 Å². The van der Waals surface area contributed by atoms with E-state index in [2.05, 4.69) is 64.9 Å². The molecule has 0 radical (unpaired) electrons. The Bertz CT molecular complexity index is 1300. The van der Waals surface area contributed by atoms with Crippen molar-refractivity contribution < 1.29 is 14.2 Å². The molecule has 0 bridgehead atoms. The van der Waals surface area contributed by atoms with Crippen LogP contribution in [0.4, 0.5) is 0 Å². The van der Waals surface area contributed by atoms with E-state index in [1.54, 1.807) is 32.7 Å². The zero-order chi connectivity index (χ0) is 24.9. The number of nitrogens with zero attached hydrogens (tertiary/aromatic N) is 2. The molecule has 1 aliphatic rings. The molecule has 2 heterocycles. The van der Waals surface area contributed by atoms with Crippen LogP contribution >= 0.6 is 11.3 Å². The van der Waals surface area contributed by atoms with Gasteiger partial charge in [0.15, 0.2) is 11.5 Å². The second-order valence-electron chi connectivity index (χ2n) is 9.07. The summed E-state index contributed by atoms with van der Waals surface area (Å²) in [5.41, 5.74) is 5.71. The van der Waals surface area contributed by atoms with Crippen molar-refractivity contribution in [3.05, 3.63) is 83.4 Å². The fraction of sp³-hybridized carbons (Fsp3) is 0.300. The lowest BCUT2D eigenvalue weighted by Gasteiger charge is -2.31. The molecule has 1 aromatic heterocycles. The van der Waals surface area contributed by atoms with Crippen LogP contribution in [0.25, 0.3) is 21.7 Å². The summed E-state index contributed by atoms with van der Waals surface area (Å²) >= 11 is 1.70. The van der Waals surface area contributed by atoms with Gasteiger partial charge in [-0.15, -0.1) is 11.3 Å². The number of ether oxygens (including phenoxy) is 3. The van der Waals surface area contributed by atoms with Crippen LogP contribution in [-0.4, -0.2) is 44.3 Å². The predicted molar refractivity (Wildman–Crippen MR) is 146 cm³/mol. The molecule has 0 aliphatic carbocycles. The van der Waals surface area contributed by atoms with Gasteiger partial charge in [-0.25, -0.2) is 4.98 Å².